The van der Waals surface area contributed by atoms with E-state index in [0.29, 0.717) is 18.8 Å². The Kier molecular flexibility index (Phi) is 6.65. The number of aliphatic carboxylic acids is 1. The van der Waals surface area contributed by atoms with Crippen LogP contribution in [0.4, 0.5) is 13.2 Å². The fourth-order valence-corrected chi connectivity index (χ4v) is 3.85. The van der Waals surface area contributed by atoms with Crippen LogP contribution in [0.2, 0.25) is 0 Å². The quantitative estimate of drug-likeness (QED) is 0.444. The maximum absolute atomic E-state index is 13.3. The van der Waals surface area contributed by atoms with Gasteiger partial charge in [-0.3, -0.25) is 4.79 Å². The Labute approximate surface area is 204 Å². The monoisotopic (exact) mass is 497 g/mol. The van der Waals surface area contributed by atoms with Crippen molar-refractivity contribution in [2.45, 2.75) is 26.2 Å². The van der Waals surface area contributed by atoms with Crippen LogP contribution in [-0.4, -0.2) is 47.4 Å². The van der Waals surface area contributed by atoms with Gasteiger partial charge in [0.1, 0.15) is 5.69 Å². The van der Waals surface area contributed by atoms with Gasteiger partial charge in [0.15, 0.2) is 0 Å². The molecule has 0 saturated carbocycles. The smallest absolute Gasteiger partial charge is 0.475 e. The van der Waals surface area contributed by atoms with Gasteiger partial charge >= 0.3 is 12.1 Å². The third-order valence-corrected chi connectivity index (χ3v) is 5.61. The van der Waals surface area contributed by atoms with Gasteiger partial charge in [-0.1, -0.05) is 24.3 Å². The molecule has 0 fully saturated rings. The van der Waals surface area contributed by atoms with Crippen molar-refractivity contribution in [2.75, 3.05) is 0 Å². The molecule has 0 aliphatic carbocycles. The molecule has 5 rings (SSSR count). The van der Waals surface area contributed by atoms with Crippen LogP contribution in [-0.2, 0) is 24.9 Å². The summed E-state index contributed by atoms with van der Waals surface area (Å²) >= 11 is 0. The highest BCUT2D eigenvalue weighted by Crippen LogP contribution is 2.33. The van der Waals surface area contributed by atoms with Crippen LogP contribution in [0.15, 0.2) is 67.0 Å². The van der Waals surface area contributed by atoms with Crippen molar-refractivity contribution in [3.8, 4) is 16.9 Å². The number of pyridine rings is 1. The van der Waals surface area contributed by atoms with Gasteiger partial charge in [0.25, 0.3) is 5.91 Å². The third-order valence-electron chi connectivity index (χ3n) is 5.61. The molecular formula is C25H22F3N5O3. The normalized spacial score (nSPS) is 12.6. The molecular weight excluding hydrogens is 475 g/mol. The average molecular weight is 497 g/mol. The summed E-state index contributed by atoms with van der Waals surface area (Å²) < 4.78 is 35.7. The summed E-state index contributed by atoms with van der Waals surface area (Å²) in [5.41, 5.74) is 6.41. The number of carboxylic acids is 1. The molecule has 0 bridgehead atoms. The Morgan fingerprint density at radius 3 is 2.33 bits per heavy atom. The van der Waals surface area contributed by atoms with Crippen LogP contribution < -0.4 is 0 Å². The summed E-state index contributed by atoms with van der Waals surface area (Å²) in [6.07, 6.45) is -1.04. The van der Waals surface area contributed by atoms with Crippen LogP contribution >= 0.6 is 0 Å². The van der Waals surface area contributed by atoms with E-state index in [1.165, 1.54) is 0 Å². The van der Waals surface area contributed by atoms with E-state index in [0.717, 1.165) is 33.9 Å². The molecule has 0 radical (unpaired) electrons. The number of benzene rings is 1. The standard InChI is InChI=1S/C23H21N5O.C2HF3O2/c1-16-7-6-10-20(24-16)23(29)27-13-17-14-28(18-8-4-3-5-9-18)25-22(17)19-11-12-26(2)21(19)15-27;3-2(4,5)1(6)7/h3-12,14H,13,15H2,1-2H3;(H,6,7). The predicted molar refractivity (Wildman–Crippen MR) is 124 cm³/mol. The molecule has 1 N–H and O–H groups in total. The minimum absolute atomic E-state index is 0.0684. The topological polar surface area (TPSA) is 93.3 Å². The zero-order valence-electron chi connectivity index (χ0n) is 19.4. The molecule has 1 aliphatic rings. The number of nitrogens with zero attached hydrogens (tertiary/aromatic N) is 5. The average Bonchev–Trinajstić information content (AvgIpc) is 3.38. The minimum atomic E-state index is -5.08. The van der Waals surface area contributed by atoms with Crippen molar-refractivity contribution in [3.05, 3.63) is 89.6 Å². The van der Waals surface area contributed by atoms with Crippen molar-refractivity contribution < 1.29 is 27.9 Å². The Bertz CT molecular complexity index is 1410. The van der Waals surface area contributed by atoms with E-state index in [1.54, 1.807) is 6.07 Å². The molecule has 3 aromatic heterocycles. The molecule has 1 aromatic carbocycles. The van der Waals surface area contributed by atoms with E-state index >= 15 is 0 Å². The number of alkyl halides is 3. The second-order valence-electron chi connectivity index (χ2n) is 8.20. The number of carbonyl (C=O) groups excluding carboxylic acids is 1. The number of aryl methyl sites for hydroxylation is 2. The molecule has 4 aromatic rings. The number of amides is 1. The van der Waals surface area contributed by atoms with Gasteiger partial charge in [-0.15, -0.1) is 0 Å². The fourth-order valence-electron chi connectivity index (χ4n) is 3.85. The number of rotatable bonds is 2. The molecule has 8 nitrogen and oxygen atoms in total. The third kappa shape index (κ3) is 5.14. The fraction of sp³-hybridized carbons (Fsp3) is 0.200. The van der Waals surface area contributed by atoms with Gasteiger partial charge in [-0.2, -0.15) is 18.3 Å². The summed E-state index contributed by atoms with van der Waals surface area (Å²) in [5.74, 6) is -2.83. The molecule has 36 heavy (non-hydrogen) atoms. The van der Waals surface area contributed by atoms with Crippen molar-refractivity contribution >= 4 is 11.9 Å². The van der Waals surface area contributed by atoms with E-state index in [9.17, 15) is 18.0 Å². The maximum atomic E-state index is 13.3. The Morgan fingerprint density at radius 1 is 1.00 bits per heavy atom. The minimum Gasteiger partial charge on any atom is -0.475 e. The van der Waals surface area contributed by atoms with Crippen LogP contribution in [0.3, 0.4) is 0 Å². The van der Waals surface area contributed by atoms with Crippen molar-refractivity contribution in [3.63, 3.8) is 0 Å². The van der Waals surface area contributed by atoms with Crippen molar-refractivity contribution in [1.29, 1.82) is 0 Å². The molecule has 0 saturated heterocycles. The molecule has 186 valence electrons. The largest absolute Gasteiger partial charge is 0.490 e. The van der Waals surface area contributed by atoms with Gasteiger partial charge < -0.3 is 14.6 Å². The van der Waals surface area contributed by atoms with Gasteiger partial charge in [-0.05, 0) is 37.3 Å². The lowest BCUT2D eigenvalue weighted by molar-refractivity contribution is -0.192. The molecule has 0 spiro atoms. The number of para-hydroxylation sites is 1. The molecule has 0 atom stereocenters. The van der Waals surface area contributed by atoms with Crippen LogP contribution in [0.25, 0.3) is 16.9 Å². The Balaban J connectivity index is 0.000000384. The maximum Gasteiger partial charge on any atom is 0.490 e. The van der Waals surface area contributed by atoms with E-state index in [-0.39, 0.29) is 5.91 Å². The highest BCUT2D eigenvalue weighted by atomic mass is 19.4. The van der Waals surface area contributed by atoms with Crippen molar-refractivity contribution in [1.82, 2.24) is 24.2 Å². The Morgan fingerprint density at radius 2 is 1.69 bits per heavy atom. The Hall–Kier alpha value is -4.41. The number of halogens is 3. The first-order valence-electron chi connectivity index (χ1n) is 10.9. The van der Waals surface area contributed by atoms with E-state index in [4.69, 9.17) is 15.0 Å². The molecule has 11 heteroatoms. The van der Waals surface area contributed by atoms with E-state index < -0.39 is 12.1 Å². The SMILES string of the molecule is Cc1cccc(C(=O)N2Cc3cn(-c4ccccc4)nc3-c3ccn(C)c3C2)n1.O=C(O)C(F)(F)F. The summed E-state index contributed by atoms with van der Waals surface area (Å²) in [5, 5.41) is 12.0. The number of aromatic nitrogens is 4. The summed E-state index contributed by atoms with van der Waals surface area (Å²) in [6.45, 7) is 2.91. The molecule has 1 aliphatic heterocycles. The lowest BCUT2D eigenvalue weighted by Crippen LogP contribution is -2.30. The summed E-state index contributed by atoms with van der Waals surface area (Å²) in [4.78, 5) is 28.4. The van der Waals surface area contributed by atoms with Gasteiger partial charge in [-0.25, -0.2) is 14.5 Å². The number of hydrogen-bond donors (Lipinski definition) is 1. The number of hydrogen-bond acceptors (Lipinski definition) is 4. The second-order valence-corrected chi connectivity index (χ2v) is 8.20. The number of carbonyl (C=O) groups is 2. The van der Waals surface area contributed by atoms with Crippen LogP contribution in [0, 0.1) is 6.92 Å². The number of carboxylic acid groups (broad SMARTS) is 1. The molecule has 1 amide bonds. The first-order chi connectivity index (χ1) is 17.0. The zero-order valence-corrected chi connectivity index (χ0v) is 19.4. The zero-order chi connectivity index (χ0) is 26.0. The van der Waals surface area contributed by atoms with Gasteiger partial charge in [0.05, 0.1) is 24.5 Å². The lowest BCUT2D eigenvalue weighted by Gasteiger charge is -2.21. The highest BCUT2D eigenvalue weighted by molar-refractivity contribution is 5.92. The first-order valence-corrected chi connectivity index (χ1v) is 10.9. The predicted octanol–water partition coefficient (Wildman–Crippen LogP) is 4.37. The summed E-state index contributed by atoms with van der Waals surface area (Å²) in [6, 6.07) is 17.7. The van der Waals surface area contributed by atoms with Crippen LogP contribution in [0.1, 0.15) is 27.4 Å². The molecule has 0 unspecified atom stereocenters. The number of fused-ring (bicyclic) bond motifs is 3. The molecule has 4 heterocycles. The summed E-state index contributed by atoms with van der Waals surface area (Å²) in [7, 11) is 2.01. The van der Waals surface area contributed by atoms with Gasteiger partial charge in [0.2, 0.25) is 0 Å². The van der Waals surface area contributed by atoms with E-state index in [2.05, 4.69) is 15.6 Å². The second kappa shape index (κ2) is 9.68. The van der Waals surface area contributed by atoms with Crippen LogP contribution in [0.5, 0.6) is 0 Å². The highest BCUT2D eigenvalue weighted by Gasteiger charge is 2.38. The first kappa shape index (κ1) is 24.7. The van der Waals surface area contributed by atoms with E-state index in [1.807, 2.05) is 78.4 Å². The van der Waals surface area contributed by atoms with Gasteiger partial charge in [0, 0.05) is 42.0 Å². The lowest BCUT2D eigenvalue weighted by atomic mass is 10.1. The van der Waals surface area contributed by atoms with Crippen molar-refractivity contribution in [2.24, 2.45) is 7.05 Å².